The molecule has 19 heavy (non-hydrogen) atoms. The van der Waals surface area contributed by atoms with Crippen LogP contribution in [0.4, 0.5) is 5.69 Å². The Hall–Kier alpha value is -2.00. The number of nitrogens with one attached hydrogen (secondary N) is 1. The number of benzene rings is 2. The van der Waals surface area contributed by atoms with Gasteiger partial charge in [-0.25, -0.2) is 0 Å². The van der Waals surface area contributed by atoms with Gasteiger partial charge in [0.05, 0.1) is 6.61 Å². The van der Waals surface area contributed by atoms with E-state index < -0.39 is 0 Å². The van der Waals surface area contributed by atoms with E-state index in [2.05, 4.69) is 30.4 Å². The lowest BCUT2D eigenvalue weighted by Gasteiger charge is -2.10. The summed E-state index contributed by atoms with van der Waals surface area (Å²) < 4.78 is 5.31. The summed E-state index contributed by atoms with van der Waals surface area (Å²) in [7, 11) is 0. The summed E-state index contributed by atoms with van der Waals surface area (Å²) in [4.78, 5) is 0. The van der Waals surface area contributed by atoms with Crippen LogP contribution in [0.15, 0.2) is 48.5 Å². The summed E-state index contributed by atoms with van der Waals surface area (Å²) in [5, 5.41) is 12.1. The van der Waals surface area contributed by atoms with Gasteiger partial charge in [-0.15, -0.1) is 0 Å². The van der Waals surface area contributed by atoms with Crippen LogP contribution in [0.25, 0.3) is 0 Å². The van der Waals surface area contributed by atoms with Crippen LogP contribution in [-0.4, -0.2) is 18.3 Å². The van der Waals surface area contributed by atoms with E-state index in [9.17, 15) is 0 Å². The van der Waals surface area contributed by atoms with Gasteiger partial charge in [-0.1, -0.05) is 24.3 Å². The van der Waals surface area contributed by atoms with Crippen molar-refractivity contribution in [1.82, 2.24) is 0 Å². The summed E-state index contributed by atoms with van der Waals surface area (Å²) in [6.07, 6.45) is 0. The van der Waals surface area contributed by atoms with E-state index in [1.165, 1.54) is 11.1 Å². The first-order chi connectivity index (χ1) is 9.29. The molecule has 0 aliphatic rings. The molecule has 0 radical (unpaired) electrons. The monoisotopic (exact) mass is 257 g/mol. The molecule has 0 bridgehead atoms. The maximum absolute atomic E-state index is 8.68. The van der Waals surface area contributed by atoms with Gasteiger partial charge < -0.3 is 15.2 Å². The SMILES string of the molecule is Cc1ccccc1CNc1ccc(OCCO)cc1. The molecule has 0 aliphatic heterocycles. The third kappa shape index (κ3) is 4.00. The molecule has 0 saturated heterocycles. The summed E-state index contributed by atoms with van der Waals surface area (Å²) in [6, 6.07) is 16.1. The second kappa shape index (κ2) is 6.81. The van der Waals surface area contributed by atoms with Crippen LogP contribution < -0.4 is 10.1 Å². The largest absolute Gasteiger partial charge is 0.491 e. The molecule has 0 aromatic heterocycles. The van der Waals surface area contributed by atoms with Gasteiger partial charge in [0.15, 0.2) is 0 Å². The van der Waals surface area contributed by atoms with E-state index in [1.54, 1.807) is 0 Å². The molecule has 2 N–H and O–H groups in total. The number of aryl methyl sites for hydroxylation is 1. The second-order valence-electron chi connectivity index (χ2n) is 4.38. The van der Waals surface area contributed by atoms with E-state index in [4.69, 9.17) is 9.84 Å². The van der Waals surface area contributed by atoms with Crippen molar-refractivity contribution in [2.24, 2.45) is 0 Å². The molecule has 0 unspecified atom stereocenters. The molecule has 2 aromatic rings. The van der Waals surface area contributed by atoms with Crippen molar-refractivity contribution in [1.29, 1.82) is 0 Å². The van der Waals surface area contributed by atoms with E-state index in [0.717, 1.165) is 18.0 Å². The fourth-order valence-electron chi connectivity index (χ4n) is 1.84. The first-order valence-corrected chi connectivity index (χ1v) is 6.41. The number of rotatable bonds is 6. The Morgan fingerprint density at radius 2 is 1.79 bits per heavy atom. The minimum absolute atomic E-state index is 0.0350. The molecule has 0 fully saturated rings. The molecular weight excluding hydrogens is 238 g/mol. The topological polar surface area (TPSA) is 41.5 Å². The highest BCUT2D eigenvalue weighted by atomic mass is 16.5. The molecular formula is C16H19NO2. The Bertz CT molecular complexity index is 508. The van der Waals surface area contributed by atoms with Gasteiger partial charge in [-0.3, -0.25) is 0 Å². The molecule has 0 spiro atoms. The van der Waals surface area contributed by atoms with Crippen molar-refractivity contribution in [2.75, 3.05) is 18.5 Å². The van der Waals surface area contributed by atoms with E-state index in [0.29, 0.717) is 6.61 Å². The number of ether oxygens (including phenoxy) is 1. The van der Waals surface area contributed by atoms with E-state index in [-0.39, 0.29) is 6.61 Å². The predicted molar refractivity (Wildman–Crippen MR) is 77.5 cm³/mol. The average molecular weight is 257 g/mol. The minimum atomic E-state index is 0.0350. The van der Waals surface area contributed by atoms with Crippen molar-refractivity contribution >= 4 is 5.69 Å². The molecule has 0 saturated carbocycles. The fraction of sp³-hybridized carbons (Fsp3) is 0.250. The van der Waals surface area contributed by atoms with Gasteiger partial charge >= 0.3 is 0 Å². The lowest BCUT2D eigenvalue weighted by molar-refractivity contribution is 0.201. The highest BCUT2D eigenvalue weighted by Crippen LogP contribution is 2.17. The normalized spacial score (nSPS) is 10.2. The molecule has 2 aromatic carbocycles. The summed E-state index contributed by atoms with van der Waals surface area (Å²) in [6.45, 7) is 3.29. The first-order valence-electron chi connectivity index (χ1n) is 6.41. The lowest BCUT2D eigenvalue weighted by atomic mass is 10.1. The Morgan fingerprint density at radius 3 is 2.47 bits per heavy atom. The zero-order chi connectivity index (χ0) is 13.5. The van der Waals surface area contributed by atoms with Crippen LogP contribution in [0.5, 0.6) is 5.75 Å². The number of anilines is 1. The third-order valence-electron chi connectivity index (χ3n) is 2.96. The lowest BCUT2D eigenvalue weighted by Crippen LogP contribution is -2.03. The number of aliphatic hydroxyl groups excluding tert-OH is 1. The zero-order valence-corrected chi connectivity index (χ0v) is 11.1. The van der Waals surface area contributed by atoms with Crippen molar-refractivity contribution in [3.8, 4) is 5.75 Å². The van der Waals surface area contributed by atoms with Crippen molar-refractivity contribution in [2.45, 2.75) is 13.5 Å². The first kappa shape index (κ1) is 13.4. The van der Waals surface area contributed by atoms with Gasteiger partial charge in [-0.2, -0.15) is 0 Å². The number of hydrogen-bond donors (Lipinski definition) is 2. The quantitative estimate of drug-likeness (QED) is 0.836. The van der Waals surface area contributed by atoms with E-state index >= 15 is 0 Å². The molecule has 0 aliphatic carbocycles. The fourth-order valence-corrected chi connectivity index (χ4v) is 1.84. The Kier molecular flexibility index (Phi) is 4.81. The smallest absolute Gasteiger partial charge is 0.119 e. The van der Waals surface area contributed by atoms with Crippen LogP contribution in [-0.2, 0) is 6.54 Å². The van der Waals surface area contributed by atoms with Crippen LogP contribution in [0.2, 0.25) is 0 Å². The van der Waals surface area contributed by atoms with Gasteiger partial charge in [0.2, 0.25) is 0 Å². The standard InChI is InChI=1S/C16H19NO2/c1-13-4-2-3-5-14(13)12-17-15-6-8-16(9-7-15)19-11-10-18/h2-9,17-18H,10-12H2,1H3. The Labute approximate surface area is 113 Å². The second-order valence-corrected chi connectivity index (χ2v) is 4.38. The highest BCUT2D eigenvalue weighted by molar-refractivity contribution is 5.47. The zero-order valence-electron chi connectivity index (χ0n) is 11.1. The minimum Gasteiger partial charge on any atom is -0.491 e. The van der Waals surface area contributed by atoms with Gasteiger partial charge in [-0.05, 0) is 42.3 Å². The summed E-state index contributed by atoms with van der Waals surface area (Å²) in [5.74, 6) is 0.774. The molecule has 3 heteroatoms. The van der Waals surface area contributed by atoms with Crippen molar-refractivity contribution < 1.29 is 9.84 Å². The highest BCUT2D eigenvalue weighted by Gasteiger charge is 1.98. The van der Waals surface area contributed by atoms with E-state index in [1.807, 2.05) is 30.3 Å². The van der Waals surface area contributed by atoms with Crippen LogP contribution in [0.1, 0.15) is 11.1 Å². The molecule has 100 valence electrons. The Balaban J connectivity index is 1.91. The maximum atomic E-state index is 8.68. The van der Waals surface area contributed by atoms with Gasteiger partial charge in [0, 0.05) is 12.2 Å². The van der Waals surface area contributed by atoms with Gasteiger partial charge in [0.1, 0.15) is 12.4 Å². The van der Waals surface area contributed by atoms with Crippen LogP contribution in [0, 0.1) is 6.92 Å². The molecule has 0 heterocycles. The number of aliphatic hydroxyl groups is 1. The maximum Gasteiger partial charge on any atom is 0.119 e. The Morgan fingerprint density at radius 1 is 1.05 bits per heavy atom. The molecule has 0 amide bonds. The van der Waals surface area contributed by atoms with Crippen molar-refractivity contribution in [3.05, 3.63) is 59.7 Å². The predicted octanol–water partition coefficient (Wildman–Crippen LogP) is 2.98. The molecule has 3 nitrogen and oxygen atoms in total. The third-order valence-corrected chi connectivity index (χ3v) is 2.96. The molecule has 0 atom stereocenters. The summed E-state index contributed by atoms with van der Waals surface area (Å²) >= 11 is 0. The van der Waals surface area contributed by atoms with Crippen molar-refractivity contribution in [3.63, 3.8) is 0 Å². The van der Waals surface area contributed by atoms with Crippen LogP contribution >= 0.6 is 0 Å². The van der Waals surface area contributed by atoms with Crippen LogP contribution in [0.3, 0.4) is 0 Å². The summed E-state index contributed by atoms with van der Waals surface area (Å²) in [5.41, 5.74) is 3.64. The number of hydrogen-bond acceptors (Lipinski definition) is 3. The molecule has 2 rings (SSSR count). The average Bonchev–Trinajstić information content (AvgIpc) is 2.45. The van der Waals surface area contributed by atoms with Gasteiger partial charge in [0.25, 0.3) is 0 Å².